The highest BCUT2D eigenvalue weighted by Gasteiger charge is 2.24. The molecule has 1 saturated heterocycles. The third-order valence-electron chi connectivity index (χ3n) is 3.22. The summed E-state index contributed by atoms with van der Waals surface area (Å²) < 4.78 is 5.52. The molecular formula is C15H17Cl2NO2. The lowest BCUT2D eigenvalue weighted by molar-refractivity contribution is -0.125. The summed E-state index contributed by atoms with van der Waals surface area (Å²) in [6.07, 6.45) is 4.38. The Kier molecular flexibility index (Phi) is 5.46. The van der Waals surface area contributed by atoms with Crippen LogP contribution in [0.15, 0.2) is 24.3 Å². The van der Waals surface area contributed by atoms with Crippen molar-refractivity contribution in [2.75, 3.05) is 19.7 Å². The van der Waals surface area contributed by atoms with Gasteiger partial charge in [-0.15, -0.1) is 0 Å². The number of halogens is 2. The molecule has 0 unspecified atom stereocenters. The highest BCUT2D eigenvalue weighted by atomic mass is 35.5. The molecule has 0 aromatic heterocycles. The summed E-state index contributed by atoms with van der Waals surface area (Å²) in [5.41, 5.74) is 0.855. The first kappa shape index (κ1) is 15.4. The van der Waals surface area contributed by atoms with Crippen molar-refractivity contribution < 1.29 is 9.53 Å². The molecule has 1 aromatic carbocycles. The number of carbonyl (C=O) groups is 1. The van der Waals surface area contributed by atoms with Crippen LogP contribution in [0.1, 0.15) is 18.9 Å². The maximum atomic E-state index is 12.0. The van der Waals surface area contributed by atoms with Crippen LogP contribution in [0.25, 0.3) is 6.08 Å². The number of hydrogen-bond donors (Lipinski definition) is 0. The maximum absolute atomic E-state index is 12.0. The molecule has 0 aliphatic carbocycles. The lowest BCUT2D eigenvalue weighted by Crippen LogP contribution is -2.28. The van der Waals surface area contributed by atoms with Crippen molar-refractivity contribution in [2.45, 2.75) is 19.4 Å². The average Bonchev–Trinajstić information content (AvgIpc) is 2.89. The van der Waals surface area contributed by atoms with Gasteiger partial charge in [0.25, 0.3) is 0 Å². The fourth-order valence-corrected chi connectivity index (χ4v) is 2.50. The topological polar surface area (TPSA) is 29.5 Å². The van der Waals surface area contributed by atoms with Crippen LogP contribution >= 0.6 is 23.2 Å². The molecule has 0 radical (unpaired) electrons. The summed E-state index contributed by atoms with van der Waals surface area (Å²) in [5.74, 6) is -0.00160. The van der Waals surface area contributed by atoms with E-state index in [-0.39, 0.29) is 12.0 Å². The Hall–Kier alpha value is -1.03. The van der Waals surface area contributed by atoms with Gasteiger partial charge in [0.1, 0.15) is 0 Å². The second-order valence-corrected chi connectivity index (χ2v) is 5.47. The van der Waals surface area contributed by atoms with Crippen LogP contribution in [0.3, 0.4) is 0 Å². The highest BCUT2D eigenvalue weighted by Crippen LogP contribution is 2.23. The van der Waals surface area contributed by atoms with Gasteiger partial charge in [-0.25, -0.2) is 0 Å². The lowest BCUT2D eigenvalue weighted by atomic mass is 10.2. The van der Waals surface area contributed by atoms with Crippen LogP contribution < -0.4 is 0 Å². The largest absolute Gasteiger partial charge is 0.377 e. The number of nitrogens with zero attached hydrogens (tertiary/aromatic N) is 1. The first-order valence-electron chi connectivity index (χ1n) is 6.63. The molecule has 0 saturated carbocycles. The summed E-state index contributed by atoms with van der Waals surface area (Å²) in [5, 5.41) is 0.994. The normalized spacial score (nSPS) is 18.9. The SMILES string of the molecule is CCO[C@H]1CCN(C(=O)C=Cc2ccc(Cl)c(Cl)c2)C1. The Morgan fingerprint density at radius 2 is 2.25 bits per heavy atom. The number of ether oxygens (including phenoxy) is 1. The molecular weight excluding hydrogens is 297 g/mol. The molecule has 5 heteroatoms. The molecule has 108 valence electrons. The zero-order valence-electron chi connectivity index (χ0n) is 11.3. The second-order valence-electron chi connectivity index (χ2n) is 4.66. The molecule has 2 rings (SSSR count). The summed E-state index contributed by atoms with van der Waals surface area (Å²) in [4.78, 5) is 13.8. The number of rotatable bonds is 4. The van der Waals surface area contributed by atoms with E-state index in [2.05, 4.69) is 0 Å². The Balaban J connectivity index is 1.94. The van der Waals surface area contributed by atoms with Crippen LogP contribution in [0, 0.1) is 0 Å². The minimum Gasteiger partial charge on any atom is -0.377 e. The van der Waals surface area contributed by atoms with Gasteiger partial charge in [0.2, 0.25) is 5.91 Å². The van der Waals surface area contributed by atoms with Gasteiger partial charge in [-0.1, -0.05) is 29.3 Å². The first-order valence-corrected chi connectivity index (χ1v) is 7.39. The monoisotopic (exact) mass is 313 g/mol. The van der Waals surface area contributed by atoms with E-state index in [0.717, 1.165) is 18.5 Å². The van der Waals surface area contributed by atoms with Crippen molar-refractivity contribution in [3.63, 3.8) is 0 Å². The van der Waals surface area contributed by atoms with E-state index in [9.17, 15) is 4.79 Å². The molecule has 20 heavy (non-hydrogen) atoms. The van der Waals surface area contributed by atoms with Crippen LogP contribution in [0.2, 0.25) is 10.0 Å². The molecule has 0 bridgehead atoms. The molecule has 1 atom stereocenters. The zero-order valence-corrected chi connectivity index (χ0v) is 12.8. The fourth-order valence-electron chi connectivity index (χ4n) is 2.19. The standard InChI is InChI=1S/C15H17Cl2NO2/c1-2-20-12-7-8-18(10-12)15(19)6-4-11-3-5-13(16)14(17)9-11/h3-6,9,12H,2,7-8,10H2,1H3/t12-/m0/s1. The lowest BCUT2D eigenvalue weighted by Gasteiger charge is -2.14. The van der Waals surface area contributed by atoms with Gasteiger partial charge < -0.3 is 9.64 Å². The minimum atomic E-state index is -0.00160. The number of carbonyl (C=O) groups excluding carboxylic acids is 1. The van der Waals surface area contributed by atoms with Gasteiger partial charge in [-0.05, 0) is 37.1 Å². The molecule has 0 spiro atoms. The molecule has 1 aliphatic heterocycles. The minimum absolute atomic E-state index is 0.00160. The van der Waals surface area contributed by atoms with E-state index in [1.807, 2.05) is 13.0 Å². The summed E-state index contributed by atoms with van der Waals surface area (Å²) >= 11 is 11.8. The van der Waals surface area contributed by atoms with Gasteiger partial charge in [0, 0.05) is 25.8 Å². The molecule has 1 aliphatic rings. The summed E-state index contributed by atoms with van der Waals surface area (Å²) in [6, 6.07) is 5.28. The van der Waals surface area contributed by atoms with E-state index in [1.165, 1.54) is 0 Å². The van der Waals surface area contributed by atoms with Gasteiger partial charge in [-0.2, -0.15) is 0 Å². The van der Waals surface area contributed by atoms with Crippen molar-refractivity contribution in [3.05, 3.63) is 39.9 Å². The Bertz CT molecular complexity index is 517. The predicted molar refractivity (Wildman–Crippen MR) is 82.1 cm³/mol. The van der Waals surface area contributed by atoms with Crippen molar-refractivity contribution in [1.29, 1.82) is 0 Å². The van der Waals surface area contributed by atoms with Crippen molar-refractivity contribution in [2.24, 2.45) is 0 Å². The Morgan fingerprint density at radius 1 is 1.45 bits per heavy atom. The molecule has 1 heterocycles. The molecule has 1 fully saturated rings. The zero-order chi connectivity index (χ0) is 14.5. The van der Waals surface area contributed by atoms with E-state index in [1.54, 1.807) is 29.2 Å². The molecule has 1 aromatic rings. The van der Waals surface area contributed by atoms with Gasteiger partial charge in [0.15, 0.2) is 0 Å². The van der Waals surface area contributed by atoms with E-state index >= 15 is 0 Å². The van der Waals surface area contributed by atoms with Crippen LogP contribution in [0.5, 0.6) is 0 Å². The van der Waals surface area contributed by atoms with Crippen LogP contribution in [-0.2, 0) is 9.53 Å². The van der Waals surface area contributed by atoms with Gasteiger partial charge in [-0.3, -0.25) is 4.79 Å². The Labute approximate surface area is 129 Å². The van der Waals surface area contributed by atoms with Crippen molar-refractivity contribution in [3.8, 4) is 0 Å². The van der Waals surface area contributed by atoms with Gasteiger partial charge >= 0.3 is 0 Å². The first-order chi connectivity index (χ1) is 9.60. The van der Waals surface area contributed by atoms with Crippen molar-refractivity contribution in [1.82, 2.24) is 4.90 Å². The third-order valence-corrected chi connectivity index (χ3v) is 3.96. The quantitative estimate of drug-likeness (QED) is 0.794. The number of likely N-dealkylation sites (tertiary alicyclic amines) is 1. The predicted octanol–water partition coefficient (Wildman–Crippen LogP) is 3.64. The second kappa shape index (κ2) is 7.11. The summed E-state index contributed by atoms with van der Waals surface area (Å²) in [7, 11) is 0. The average molecular weight is 314 g/mol. The maximum Gasteiger partial charge on any atom is 0.246 e. The summed E-state index contributed by atoms with van der Waals surface area (Å²) in [6.45, 7) is 4.06. The fraction of sp³-hybridized carbons (Fsp3) is 0.400. The molecule has 0 N–H and O–H groups in total. The molecule has 1 amide bonds. The van der Waals surface area contributed by atoms with Crippen LogP contribution in [-0.4, -0.2) is 36.6 Å². The molecule has 3 nitrogen and oxygen atoms in total. The highest BCUT2D eigenvalue weighted by molar-refractivity contribution is 6.42. The van der Waals surface area contributed by atoms with Crippen LogP contribution in [0.4, 0.5) is 0 Å². The number of hydrogen-bond acceptors (Lipinski definition) is 2. The van der Waals surface area contributed by atoms with E-state index in [0.29, 0.717) is 23.2 Å². The van der Waals surface area contributed by atoms with E-state index < -0.39 is 0 Å². The van der Waals surface area contributed by atoms with Crippen molar-refractivity contribution >= 4 is 35.2 Å². The third kappa shape index (κ3) is 3.98. The van der Waals surface area contributed by atoms with Gasteiger partial charge in [0.05, 0.1) is 16.1 Å². The Morgan fingerprint density at radius 3 is 2.95 bits per heavy atom. The number of benzene rings is 1. The van der Waals surface area contributed by atoms with E-state index in [4.69, 9.17) is 27.9 Å². The smallest absolute Gasteiger partial charge is 0.246 e. The number of amides is 1.